The third-order valence-electron chi connectivity index (χ3n) is 5.18. The first-order valence-electron chi connectivity index (χ1n) is 9.19. The van der Waals surface area contributed by atoms with Crippen LogP contribution in [0.15, 0.2) is 28.2 Å². The van der Waals surface area contributed by atoms with Crippen molar-refractivity contribution in [3.63, 3.8) is 0 Å². The molecule has 1 aliphatic rings. The molecule has 0 spiro atoms. The van der Waals surface area contributed by atoms with Crippen molar-refractivity contribution >= 4 is 44.3 Å². The quantitative estimate of drug-likeness (QED) is 0.497. The highest BCUT2D eigenvalue weighted by molar-refractivity contribution is 7.98. The summed E-state index contributed by atoms with van der Waals surface area (Å²) >= 11 is 3.26. The van der Waals surface area contributed by atoms with Gasteiger partial charge in [-0.05, 0) is 55.4 Å². The molecule has 1 atom stereocenters. The van der Waals surface area contributed by atoms with Gasteiger partial charge in [-0.1, -0.05) is 24.8 Å². The van der Waals surface area contributed by atoms with Crippen LogP contribution in [-0.2, 0) is 18.6 Å². The minimum absolute atomic E-state index is 0.00267. The Labute approximate surface area is 164 Å². The van der Waals surface area contributed by atoms with E-state index in [9.17, 15) is 4.79 Å². The van der Waals surface area contributed by atoms with Crippen LogP contribution in [0.5, 0.6) is 0 Å². The average molecular weight is 397 g/mol. The van der Waals surface area contributed by atoms with Gasteiger partial charge in [0.2, 0.25) is 0 Å². The molecule has 138 valence electrons. The number of imidazole rings is 1. The molecule has 0 bridgehead atoms. The van der Waals surface area contributed by atoms with Gasteiger partial charge in [-0.3, -0.25) is 4.79 Å². The Morgan fingerprint density at radius 3 is 3.07 bits per heavy atom. The number of aryl methyl sites for hydroxylation is 2. The summed E-state index contributed by atoms with van der Waals surface area (Å²) in [5, 5.41) is 1.66. The number of nitrogens with zero attached hydrogens (tertiary/aromatic N) is 2. The highest BCUT2D eigenvalue weighted by Gasteiger charge is 2.23. The summed E-state index contributed by atoms with van der Waals surface area (Å²) in [5.74, 6) is 1.99. The molecule has 5 nitrogen and oxygen atoms in total. The zero-order chi connectivity index (χ0) is 18.5. The molecule has 0 saturated carbocycles. The van der Waals surface area contributed by atoms with Crippen LogP contribution < -0.4 is 5.56 Å². The number of thioether (sulfide) groups is 1. The molecular formula is C20H20N4OS2. The summed E-state index contributed by atoms with van der Waals surface area (Å²) in [6.07, 6.45) is 3.22. The van der Waals surface area contributed by atoms with Gasteiger partial charge in [0.05, 0.1) is 22.2 Å². The number of rotatable bonds is 3. The molecule has 0 saturated heterocycles. The molecule has 5 rings (SSSR count). The fourth-order valence-corrected chi connectivity index (χ4v) is 5.92. The van der Waals surface area contributed by atoms with Gasteiger partial charge < -0.3 is 9.97 Å². The van der Waals surface area contributed by atoms with E-state index in [0.717, 1.165) is 45.7 Å². The second-order valence-electron chi connectivity index (χ2n) is 7.40. The molecule has 7 heteroatoms. The van der Waals surface area contributed by atoms with Crippen LogP contribution >= 0.6 is 23.1 Å². The van der Waals surface area contributed by atoms with Gasteiger partial charge in [0.15, 0.2) is 5.16 Å². The van der Waals surface area contributed by atoms with Crippen LogP contribution in [0, 0.1) is 12.8 Å². The summed E-state index contributed by atoms with van der Waals surface area (Å²) in [7, 11) is 0. The summed E-state index contributed by atoms with van der Waals surface area (Å²) in [5.41, 5.74) is 4.43. The Morgan fingerprint density at radius 2 is 2.19 bits per heavy atom. The first-order chi connectivity index (χ1) is 13.1. The van der Waals surface area contributed by atoms with Crippen LogP contribution in [-0.4, -0.2) is 19.9 Å². The monoisotopic (exact) mass is 396 g/mol. The van der Waals surface area contributed by atoms with E-state index in [-0.39, 0.29) is 5.56 Å². The molecule has 0 aliphatic heterocycles. The molecule has 3 heterocycles. The maximum absolute atomic E-state index is 12.7. The number of fused-ring (bicyclic) bond motifs is 4. The van der Waals surface area contributed by atoms with Gasteiger partial charge in [-0.15, -0.1) is 11.3 Å². The standard InChI is InChI=1S/C20H20N4OS2/c1-10-4-6-13-14(7-10)22-20(21-13)26-9-16-23-18(25)17-12-5-3-11(2)8-15(12)27-19(17)24-16/h4,6-7,11H,3,5,8-9H2,1-2H3,(H,21,22)(H,23,24,25)/t11-/m0/s1. The first kappa shape index (κ1) is 17.0. The van der Waals surface area contributed by atoms with Gasteiger partial charge >= 0.3 is 0 Å². The summed E-state index contributed by atoms with van der Waals surface area (Å²) < 4.78 is 0. The average Bonchev–Trinajstić information content (AvgIpc) is 3.19. The fourth-order valence-electron chi connectivity index (χ4n) is 3.77. The lowest BCUT2D eigenvalue weighted by atomic mass is 9.89. The third-order valence-corrected chi connectivity index (χ3v) is 7.21. The van der Waals surface area contributed by atoms with Crippen molar-refractivity contribution < 1.29 is 0 Å². The van der Waals surface area contributed by atoms with Crippen molar-refractivity contribution in [1.82, 2.24) is 19.9 Å². The zero-order valence-electron chi connectivity index (χ0n) is 15.3. The van der Waals surface area contributed by atoms with E-state index >= 15 is 0 Å². The molecule has 1 aromatic carbocycles. The lowest BCUT2D eigenvalue weighted by Gasteiger charge is -2.17. The van der Waals surface area contributed by atoms with Gasteiger partial charge in [-0.2, -0.15) is 0 Å². The Balaban J connectivity index is 1.44. The van der Waals surface area contributed by atoms with Crippen LogP contribution in [0.2, 0.25) is 0 Å². The van der Waals surface area contributed by atoms with Gasteiger partial charge in [-0.25, -0.2) is 9.97 Å². The lowest BCUT2D eigenvalue weighted by molar-refractivity contribution is 0.509. The normalized spacial score (nSPS) is 16.9. The van der Waals surface area contributed by atoms with Gasteiger partial charge in [0.25, 0.3) is 5.56 Å². The molecule has 4 aromatic rings. The molecule has 0 fully saturated rings. The molecule has 0 amide bonds. The van der Waals surface area contributed by atoms with Gasteiger partial charge in [0, 0.05) is 4.88 Å². The third kappa shape index (κ3) is 3.08. The molecule has 3 aromatic heterocycles. The van der Waals surface area contributed by atoms with E-state index in [0.29, 0.717) is 17.5 Å². The van der Waals surface area contributed by atoms with E-state index < -0.39 is 0 Å². The van der Waals surface area contributed by atoms with E-state index in [1.807, 2.05) is 6.07 Å². The number of thiophene rings is 1. The molecule has 27 heavy (non-hydrogen) atoms. The van der Waals surface area contributed by atoms with Crippen LogP contribution in [0.1, 0.15) is 35.2 Å². The minimum atomic E-state index is 0.00267. The fraction of sp³-hybridized carbons (Fsp3) is 0.350. The second kappa shape index (κ2) is 6.49. The summed E-state index contributed by atoms with van der Waals surface area (Å²) in [4.78, 5) is 30.6. The Morgan fingerprint density at radius 1 is 1.30 bits per heavy atom. The molecule has 0 radical (unpaired) electrons. The second-order valence-corrected chi connectivity index (χ2v) is 9.44. The van der Waals surface area contributed by atoms with Gasteiger partial charge in [0.1, 0.15) is 10.7 Å². The van der Waals surface area contributed by atoms with E-state index in [1.165, 1.54) is 16.0 Å². The Hall–Kier alpha value is -2.12. The highest BCUT2D eigenvalue weighted by Crippen LogP contribution is 2.35. The number of benzene rings is 1. The van der Waals surface area contributed by atoms with Crippen LogP contribution in [0.4, 0.5) is 0 Å². The number of aromatic amines is 2. The predicted molar refractivity (Wildman–Crippen MR) is 112 cm³/mol. The van der Waals surface area contributed by atoms with Crippen molar-refractivity contribution in [2.24, 2.45) is 5.92 Å². The van der Waals surface area contributed by atoms with Crippen molar-refractivity contribution in [2.75, 3.05) is 0 Å². The maximum atomic E-state index is 12.7. The molecule has 2 N–H and O–H groups in total. The van der Waals surface area contributed by atoms with Crippen molar-refractivity contribution in [2.45, 2.75) is 44.0 Å². The van der Waals surface area contributed by atoms with Crippen LogP contribution in [0.3, 0.4) is 0 Å². The SMILES string of the molecule is Cc1ccc2nc(SCc3nc4sc5c(c4c(=O)[nH]3)CC[C@H](C)C5)[nH]c2c1. The Bertz CT molecular complexity index is 1220. The lowest BCUT2D eigenvalue weighted by Crippen LogP contribution is -2.14. The number of hydrogen-bond acceptors (Lipinski definition) is 5. The highest BCUT2D eigenvalue weighted by atomic mass is 32.2. The van der Waals surface area contributed by atoms with Crippen molar-refractivity contribution in [3.8, 4) is 0 Å². The van der Waals surface area contributed by atoms with E-state index in [2.05, 4.69) is 40.9 Å². The molecule has 0 unspecified atom stereocenters. The van der Waals surface area contributed by atoms with E-state index in [4.69, 9.17) is 4.98 Å². The zero-order valence-corrected chi connectivity index (χ0v) is 16.9. The summed E-state index contributed by atoms with van der Waals surface area (Å²) in [6, 6.07) is 6.17. The Kier molecular flexibility index (Phi) is 4.09. The molecular weight excluding hydrogens is 376 g/mol. The number of nitrogens with one attached hydrogen (secondary N) is 2. The van der Waals surface area contributed by atoms with Crippen LogP contribution in [0.25, 0.3) is 21.3 Å². The first-order valence-corrected chi connectivity index (χ1v) is 11.0. The van der Waals surface area contributed by atoms with Crippen molar-refractivity contribution in [1.29, 1.82) is 0 Å². The summed E-state index contributed by atoms with van der Waals surface area (Å²) in [6.45, 7) is 4.35. The predicted octanol–water partition coefficient (Wildman–Crippen LogP) is 4.59. The van der Waals surface area contributed by atoms with Crippen molar-refractivity contribution in [3.05, 3.63) is 50.4 Å². The number of hydrogen-bond donors (Lipinski definition) is 2. The maximum Gasteiger partial charge on any atom is 0.259 e. The molecule has 1 aliphatic carbocycles. The minimum Gasteiger partial charge on any atom is -0.333 e. The van der Waals surface area contributed by atoms with E-state index in [1.54, 1.807) is 23.1 Å². The largest absolute Gasteiger partial charge is 0.333 e. The number of H-pyrrole nitrogens is 2. The smallest absolute Gasteiger partial charge is 0.259 e. The number of aromatic nitrogens is 4. The topological polar surface area (TPSA) is 74.4 Å².